The Morgan fingerprint density at radius 1 is 1.19 bits per heavy atom. The summed E-state index contributed by atoms with van der Waals surface area (Å²) in [4.78, 5) is 23.3. The van der Waals surface area contributed by atoms with Crippen LogP contribution in [0.3, 0.4) is 0 Å². The van der Waals surface area contributed by atoms with Crippen LogP contribution in [-0.2, 0) is 4.79 Å². The summed E-state index contributed by atoms with van der Waals surface area (Å²) in [5.74, 6) is 2.27. The Kier molecular flexibility index (Phi) is 10.6. The molecule has 0 aliphatic carbocycles. The first-order chi connectivity index (χ1) is 14.6. The monoisotopic (exact) mass is 537 g/mol. The zero-order chi connectivity index (χ0) is 21.2. The van der Waals surface area contributed by atoms with Crippen LogP contribution in [0, 0.1) is 6.92 Å². The van der Waals surface area contributed by atoms with E-state index in [0.717, 1.165) is 49.7 Å². The van der Waals surface area contributed by atoms with Gasteiger partial charge in [0.05, 0.1) is 6.54 Å². The lowest BCUT2D eigenvalue weighted by molar-refractivity contribution is -0.116. The summed E-state index contributed by atoms with van der Waals surface area (Å²) in [6, 6.07) is 13.7. The van der Waals surface area contributed by atoms with E-state index in [1.54, 1.807) is 6.20 Å². The van der Waals surface area contributed by atoms with E-state index in [1.165, 1.54) is 0 Å². The number of piperidine rings is 1. The van der Waals surface area contributed by atoms with E-state index < -0.39 is 0 Å². The maximum atomic E-state index is 12.2. The summed E-state index contributed by atoms with van der Waals surface area (Å²) in [7, 11) is 0. The molecule has 31 heavy (non-hydrogen) atoms. The van der Waals surface area contributed by atoms with Crippen LogP contribution in [0.2, 0.25) is 0 Å². The lowest BCUT2D eigenvalue weighted by Gasteiger charge is -2.34. The first-order valence-corrected chi connectivity index (χ1v) is 10.6. The molecule has 3 rings (SSSR count). The molecule has 8 heteroatoms. The number of aliphatic imine (C=N–C) groups is 1. The van der Waals surface area contributed by atoms with Crippen molar-refractivity contribution in [3.63, 3.8) is 0 Å². The Labute approximate surface area is 201 Å². The number of aryl methyl sites for hydroxylation is 1. The number of hydrogen-bond donors (Lipinski definition) is 2. The minimum Gasteiger partial charge on any atom is -0.490 e. The van der Waals surface area contributed by atoms with Crippen molar-refractivity contribution in [1.29, 1.82) is 0 Å². The highest BCUT2D eigenvalue weighted by atomic mass is 127. The Hall–Kier alpha value is -2.36. The molecule has 1 saturated heterocycles. The van der Waals surface area contributed by atoms with E-state index in [1.807, 2.05) is 49.4 Å². The molecule has 1 aromatic heterocycles. The Morgan fingerprint density at radius 3 is 2.58 bits per heavy atom. The molecule has 0 unspecified atom stereocenters. The van der Waals surface area contributed by atoms with Crippen molar-refractivity contribution in [2.45, 2.75) is 39.2 Å². The van der Waals surface area contributed by atoms with Gasteiger partial charge in [-0.2, -0.15) is 0 Å². The molecule has 1 fully saturated rings. The highest BCUT2D eigenvalue weighted by Crippen LogP contribution is 2.18. The van der Waals surface area contributed by atoms with Gasteiger partial charge in [-0.1, -0.05) is 24.3 Å². The minimum atomic E-state index is -0.0825. The van der Waals surface area contributed by atoms with Crippen LogP contribution < -0.4 is 15.4 Å². The fourth-order valence-electron chi connectivity index (χ4n) is 3.31. The molecule has 1 aromatic carbocycles. The van der Waals surface area contributed by atoms with Gasteiger partial charge in [0.15, 0.2) is 5.96 Å². The summed E-state index contributed by atoms with van der Waals surface area (Å²) in [6.07, 6.45) is 4.16. The zero-order valence-corrected chi connectivity index (χ0v) is 20.5. The molecular formula is C23H32IN5O2. The summed E-state index contributed by atoms with van der Waals surface area (Å²) in [5, 5.41) is 6.15. The number of amides is 1. The van der Waals surface area contributed by atoms with Crippen LogP contribution in [0.5, 0.6) is 5.75 Å². The van der Waals surface area contributed by atoms with Crippen molar-refractivity contribution in [3.8, 4) is 5.75 Å². The number of rotatable bonds is 7. The topological polar surface area (TPSA) is 78.8 Å². The van der Waals surface area contributed by atoms with E-state index in [-0.39, 0.29) is 36.0 Å². The Balaban J connectivity index is 0.00000341. The number of aromatic nitrogens is 1. The van der Waals surface area contributed by atoms with Gasteiger partial charge < -0.3 is 20.3 Å². The quantitative estimate of drug-likeness (QED) is 0.319. The third kappa shape index (κ3) is 8.35. The largest absolute Gasteiger partial charge is 0.490 e. The highest BCUT2D eigenvalue weighted by Gasteiger charge is 2.22. The van der Waals surface area contributed by atoms with Gasteiger partial charge in [-0.3, -0.25) is 9.79 Å². The van der Waals surface area contributed by atoms with Crippen LogP contribution in [0.15, 0.2) is 53.7 Å². The average Bonchev–Trinajstić information content (AvgIpc) is 2.76. The predicted octanol–water partition coefficient (Wildman–Crippen LogP) is 3.85. The third-order valence-corrected chi connectivity index (χ3v) is 4.90. The van der Waals surface area contributed by atoms with Gasteiger partial charge in [0.25, 0.3) is 0 Å². The van der Waals surface area contributed by atoms with E-state index in [9.17, 15) is 4.79 Å². The van der Waals surface area contributed by atoms with E-state index in [2.05, 4.69) is 32.4 Å². The fourth-order valence-corrected chi connectivity index (χ4v) is 3.31. The molecule has 7 nitrogen and oxygen atoms in total. The van der Waals surface area contributed by atoms with Gasteiger partial charge in [-0.25, -0.2) is 4.98 Å². The molecule has 1 aliphatic rings. The first-order valence-electron chi connectivity index (χ1n) is 10.6. The number of guanidine groups is 1. The second-order valence-corrected chi connectivity index (χ2v) is 7.37. The lowest BCUT2D eigenvalue weighted by atomic mass is 10.1. The minimum absolute atomic E-state index is 0. The van der Waals surface area contributed by atoms with Gasteiger partial charge in [-0.15, -0.1) is 24.0 Å². The molecule has 168 valence electrons. The molecular weight excluding hydrogens is 505 g/mol. The number of likely N-dealkylation sites (tertiary alicyclic amines) is 1. The van der Waals surface area contributed by atoms with Crippen molar-refractivity contribution >= 4 is 41.7 Å². The van der Waals surface area contributed by atoms with Crippen molar-refractivity contribution in [2.75, 3.05) is 31.5 Å². The molecule has 0 radical (unpaired) electrons. The highest BCUT2D eigenvalue weighted by molar-refractivity contribution is 14.0. The molecule has 1 aliphatic heterocycles. The number of benzene rings is 1. The normalized spacial score (nSPS) is 14.5. The zero-order valence-electron chi connectivity index (χ0n) is 18.2. The van der Waals surface area contributed by atoms with Crippen molar-refractivity contribution in [1.82, 2.24) is 15.2 Å². The standard InChI is InChI=1S/C23H31N5O2.HI/c1-3-24-23(25-14-11-22(29)27-21-10-9-18(2)17-26-21)28-15-12-20(13-16-28)30-19-7-5-4-6-8-19;/h4-10,17,20H,3,11-16H2,1-2H3,(H,24,25)(H,26,27,29);1H. The molecule has 0 saturated carbocycles. The van der Waals surface area contributed by atoms with Crippen LogP contribution in [-0.4, -0.2) is 54.0 Å². The summed E-state index contributed by atoms with van der Waals surface area (Å²) in [6.45, 7) is 6.99. The molecule has 2 heterocycles. The van der Waals surface area contributed by atoms with Crippen LogP contribution in [0.4, 0.5) is 5.82 Å². The van der Waals surface area contributed by atoms with Crippen LogP contribution in [0.25, 0.3) is 0 Å². The van der Waals surface area contributed by atoms with E-state index in [4.69, 9.17) is 4.74 Å². The number of anilines is 1. The maximum Gasteiger partial charge on any atom is 0.227 e. The molecule has 2 N–H and O–H groups in total. The Morgan fingerprint density at radius 2 is 1.94 bits per heavy atom. The predicted molar refractivity (Wildman–Crippen MR) is 135 cm³/mol. The molecule has 0 bridgehead atoms. The third-order valence-electron chi connectivity index (χ3n) is 4.90. The number of hydrogen-bond acceptors (Lipinski definition) is 4. The van der Waals surface area contributed by atoms with Crippen LogP contribution >= 0.6 is 24.0 Å². The van der Waals surface area contributed by atoms with Crippen molar-refractivity contribution < 1.29 is 9.53 Å². The number of nitrogens with one attached hydrogen (secondary N) is 2. The van der Waals surface area contributed by atoms with Crippen molar-refractivity contribution in [2.24, 2.45) is 4.99 Å². The van der Waals surface area contributed by atoms with Gasteiger partial charge in [-0.05, 0) is 37.6 Å². The Bertz CT molecular complexity index is 822. The number of nitrogens with zero attached hydrogens (tertiary/aromatic N) is 3. The summed E-state index contributed by atoms with van der Waals surface area (Å²) in [5.41, 5.74) is 1.06. The SMILES string of the molecule is CCNC(=NCCC(=O)Nc1ccc(C)cn1)N1CCC(Oc2ccccc2)CC1.I. The average molecular weight is 537 g/mol. The maximum absolute atomic E-state index is 12.2. The van der Waals surface area contributed by atoms with Crippen molar-refractivity contribution in [3.05, 3.63) is 54.2 Å². The number of para-hydroxylation sites is 1. The smallest absolute Gasteiger partial charge is 0.227 e. The molecule has 2 aromatic rings. The van der Waals surface area contributed by atoms with E-state index >= 15 is 0 Å². The number of ether oxygens (including phenoxy) is 1. The van der Waals surface area contributed by atoms with Gasteiger partial charge in [0.2, 0.25) is 5.91 Å². The molecule has 1 amide bonds. The second kappa shape index (κ2) is 13.1. The van der Waals surface area contributed by atoms with Crippen LogP contribution in [0.1, 0.15) is 31.7 Å². The number of carbonyl (C=O) groups is 1. The van der Waals surface area contributed by atoms with Gasteiger partial charge in [0, 0.05) is 45.1 Å². The number of pyridine rings is 1. The molecule has 0 spiro atoms. The van der Waals surface area contributed by atoms with Gasteiger partial charge >= 0.3 is 0 Å². The summed E-state index contributed by atoms with van der Waals surface area (Å²) >= 11 is 0. The fraction of sp³-hybridized carbons (Fsp3) is 0.435. The van der Waals surface area contributed by atoms with Gasteiger partial charge in [0.1, 0.15) is 17.7 Å². The number of halogens is 1. The lowest BCUT2D eigenvalue weighted by Crippen LogP contribution is -2.47. The summed E-state index contributed by atoms with van der Waals surface area (Å²) < 4.78 is 6.07. The van der Waals surface area contributed by atoms with E-state index in [0.29, 0.717) is 18.8 Å². The molecule has 0 atom stereocenters. The second-order valence-electron chi connectivity index (χ2n) is 7.37. The number of carbonyl (C=O) groups excluding carboxylic acids is 1. The first kappa shape index (κ1) is 24.9.